The van der Waals surface area contributed by atoms with Gasteiger partial charge in [0.05, 0.1) is 11.4 Å². The van der Waals surface area contributed by atoms with E-state index in [1.807, 2.05) is 34.0 Å². The van der Waals surface area contributed by atoms with Gasteiger partial charge in [0, 0.05) is 41.6 Å². The van der Waals surface area contributed by atoms with Crippen LogP contribution in [0.4, 0.5) is 15.3 Å². The van der Waals surface area contributed by atoms with Gasteiger partial charge in [0.25, 0.3) is 0 Å². The van der Waals surface area contributed by atoms with Crippen LogP contribution in [0.2, 0.25) is 0 Å². The average Bonchev–Trinajstić information content (AvgIpc) is 3.49. The lowest BCUT2D eigenvalue weighted by molar-refractivity contribution is -0.0783. The first-order valence-corrected chi connectivity index (χ1v) is 14.4. The van der Waals surface area contributed by atoms with Crippen molar-refractivity contribution in [1.82, 2.24) is 18.7 Å². The molecule has 2 radical (unpaired) electrons. The zero-order chi connectivity index (χ0) is 26.3. The van der Waals surface area contributed by atoms with E-state index in [9.17, 15) is 19.2 Å². The maximum atomic E-state index is 13.4. The Labute approximate surface area is 223 Å². The van der Waals surface area contributed by atoms with Crippen molar-refractivity contribution in [3.05, 3.63) is 65.0 Å². The largest absolute Gasteiger partial charge is 0.598 e. The number of piperidine rings is 1. The molecule has 1 unspecified atom stereocenters. The van der Waals surface area contributed by atoms with Gasteiger partial charge in [-0.25, -0.2) is 14.4 Å². The van der Waals surface area contributed by atoms with Crippen LogP contribution in [0, 0.1) is 5.82 Å². The standard InChI is InChI=1S/C25H27BFN5O3S2/c1-3-20-23(31-14-18(6-9-22(31)28-20)16-10-12-30(13-11-16)37(2)35)32(25(26,33)34)24-29-21(15-36-24)17-4-7-19(27)8-5-17/h4-9,14-16,33-34H,3,10-13H2,1-2H3. The van der Waals surface area contributed by atoms with Crippen LogP contribution < -0.4 is 4.90 Å². The van der Waals surface area contributed by atoms with E-state index in [2.05, 4.69) is 4.98 Å². The second kappa shape index (κ2) is 10.4. The van der Waals surface area contributed by atoms with E-state index in [-0.39, 0.29) is 16.9 Å². The molecular weight excluding hydrogens is 512 g/mol. The van der Waals surface area contributed by atoms with Crippen molar-refractivity contribution in [2.75, 3.05) is 24.2 Å². The number of aromatic nitrogens is 3. The molecule has 0 amide bonds. The SMILES string of the molecule is [B]C(O)(O)N(c1nc(-c2ccc(F)cc2)cs1)c1c(CC)nc2ccc(C3CCN([S+](C)[O-])CC3)cn12. The first-order chi connectivity index (χ1) is 17.7. The predicted molar refractivity (Wildman–Crippen MR) is 145 cm³/mol. The first-order valence-electron chi connectivity index (χ1n) is 12.0. The number of aliphatic hydroxyl groups is 2. The molecule has 1 atom stereocenters. The third-order valence-corrected chi connectivity index (χ3v) is 8.59. The maximum Gasteiger partial charge on any atom is 0.196 e. The lowest BCUT2D eigenvalue weighted by atomic mass is 9.91. The van der Waals surface area contributed by atoms with Gasteiger partial charge >= 0.3 is 0 Å². The van der Waals surface area contributed by atoms with Crippen LogP contribution in [0.3, 0.4) is 0 Å². The fourth-order valence-corrected chi connectivity index (χ4v) is 6.37. The summed E-state index contributed by atoms with van der Waals surface area (Å²) in [6, 6.07) is 9.89. The summed E-state index contributed by atoms with van der Waals surface area (Å²) >= 11 is 0.210. The molecule has 1 fully saturated rings. The third-order valence-electron chi connectivity index (χ3n) is 6.67. The number of rotatable bonds is 7. The molecule has 1 aliphatic rings. The van der Waals surface area contributed by atoms with Gasteiger partial charge in [0.15, 0.2) is 18.8 Å². The number of hydrogen-bond acceptors (Lipinski definition) is 8. The highest BCUT2D eigenvalue weighted by molar-refractivity contribution is 7.88. The van der Waals surface area contributed by atoms with Gasteiger partial charge < -0.3 is 14.8 Å². The minimum atomic E-state index is -2.76. The Kier molecular flexibility index (Phi) is 7.32. The van der Waals surface area contributed by atoms with Crippen molar-refractivity contribution in [1.29, 1.82) is 0 Å². The van der Waals surface area contributed by atoms with Crippen LogP contribution in [-0.4, -0.2) is 66.4 Å². The van der Waals surface area contributed by atoms with Crippen molar-refractivity contribution in [2.24, 2.45) is 0 Å². The molecule has 3 aromatic heterocycles. The van der Waals surface area contributed by atoms with E-state index in [1.165, 1.54) is 28.4 Å². The Hall–Kier alpha value is -2.48. The summed E-state index contributed by atoms with van der Waals surface area (Å²) in [6.07, 6.45) is 5.93. The molecule has 1 aliphatic heterocycles. The molecule has 2 N–H and O–H groups in total. The van der Waals surface area contributed by atoms with Gasteiger partial charge in [0.1, 0.15) is 23.5 Å². The predicted octanol–water partition coefficient (Wildman–Crippen LogP) is 3.53. The molecule has 37 heavy (non-hydrogen) atoms. The van der Waals surface area contributed by atoms with Gasteiger partial charge in [0.2, 0.25) is 0 Å². The highest BCUT2D eigenvalue weighted by Crippen LogP contribution is 2.38. The summed E-state index contributed by atoms with van der Waals surface area (Å²) in [5, 5.41) is 23.4. The van der Waals surface area contributed by atoms with Crippen LogP contribution >= 0.6 is 11.3 Å². The van der Waals surface area contributed by atoms with E-state index in [1.54, 1.807) is 23.8 Å². The molecule has 4 heterocycles. The van der Waals surface area contributed by atoms with E-state index in [0.29, 0.717) is 34.8 Å². The van der Waals surface area contributed by atoms with Crippen LogP contribution in [0.25, 0.3) is 16.9 Å². The second-order valence-corrected chi connectivity index (χ2v) is 11.3. The van der Waals surface area contributed by atoms with E-state index < -0.39 is 17.2 Å². The summed E-state index contributed by atoms with van der Waals surface area (Å²) in [7, 11) is 5.89. The Morgan fingerprint density at radius 2 is 1.89 bits per heavy atom. The Morgan fingerprint density at radius 3 is 2.51 bits per heavy atom. The third kappa shape index (κ3) is 5.27. The van der Waals surface area contributed by atoms with Gasteiger partial charge in [-0.1, -0.05) is 13.0 Å². The molecular formula is C25H27BFN5O3S2. The summed E-state index contributed by atoms with van der Waals surface area (Å²) in [5.74, 6) is -2.42. The number of aryl methyl sites for hydroxylation is 1. The lowest BCUT2D eigenvalue weighted by Crippen LogP contribution is -2.47. The van der Waals surface area contributed by atoms with E-state index in [4.69, 9.17) is 12.8 Å². The fraction of sp³-hybridized carbons (Fsp3) is 0.360. The number of nitrogens with zero attached hydrogens (tertiary/aromatic N) is 5. The summed E-state index contributed by atoms with van der Waals surface area (Å²) in [6.45, 7) is 3.43. The molecule has 4 aromatic rings. The van der Waals surface area contributed by atoms with Gasteiger partial charge in [-0.05, 0) is 61.1 Å². The molecule has 5 rings (SSSR count). The van der Waals surface area contributed by atoms with Crippen molar-refractivity contribution < 1.29 is 19.2 Å². The summed E-state index contributed by atoms with van der Waals surface area (Å²) in [4.78, 5) is 10.5. The molecule has 0 bridgehead atoms. The maximum absolute atomic E-state index is 13.4. The molecule has 12 heteroatoms. The minimum Gasteiger partial charge on any atom is -0.598 e. The van der Waals surface area contributed by atoms with Crippen molar-refractivity contribution in [2.45, 2.75) is 37.9 Å². The van der Waals surface area contributed by atoms with Gasteiger partial charge in [-0.3, -0.25) is 9.30 Å². The van der Waals surface area contributed by atoms with E-state index >= 15 is 0 Å². The fourth-order valence-electron chi connectivity index (χ4n) is 4.77. The highest BCUT2D eigenvalue weighted by Gasteiger charge is 2.35. The number of anilines is 2. The van der Waals surface area contributed by atoms with Crippen molar-refractivity contribution in [3.8, 4) is 11.3 Å². The van der Waals surface area contributed by atoms with Crippen LogP contribution in [0.15, 0.2) is 48.0 Å². The average molecular weight is 539 g/mol. The smallest absolute Gasteiger partial charge is 0.196 e. The number of imidazole rings is 1. The van der Waals surface area contributed by atoms with Crippen LogP contribution in [-0.2, 0) is 17.8 Å². The monoisotopic (exact) mass is 539 g/mol. The van der Waals surface area contributed by atoms with E-state index in [0.717, 1.165) is 31.5 Å². The minimum absolute atomic E-state index is 0.257. The molecule has 0 aliphatic carbocycles. The Balaban J connectivity index is 1.56. The quantitative estimate of drug-likeness (QED) is 0.211. The zero-order valence-corrected chi connectivity index (χ0v) is 22.2. The Bertz CT molecular complexity index is 1380. The number of fused-ring (bicyclic) bond motifs is 1. The number of halogens is 1. The summed E-state index contributed by atoms with van der Waals surface area (Å²) < 4.78 is 29.0. The van der Waals surface area contributed by atoms with Gasteiger partial charge in [-0.15, -0.1) is 15.6 Å². The number of thiazole rings is 1. The molecule has 0 spiro atoms. The second-order valence-electron chi connectivity index (χ2n) is 9.10. The zero-order valence-electron chi connectivity index (χ0n) is 20.5. The molecule has 1 saturated heterocycles. The first kappa shape index (κ1) is 26.1. The highest BCUT2D eigenvalue weighted by atomic mass is 32.2. The number of benzene rings is 1. The summed E-state index contributed by atoms with van der Waals surface area (Å²) in [5.41, 5.74) is 3.61. The molecule has 1 aromatic carbocycles. The Morgan fingerprint density at radius 1 is 1.19 bits per heavy atom. The van der Waals surface area contributed by atoms with Gasteiger partial charge in [-0.2, -0.15) is 0 Å². The van der Waals surface area contributed by atoms with Crippen molar-refractivity contribution >= 4 is 47.1 Å². The normalized spacial score (nSPS) is 16.4. The number of pyridine rings is 1. The molecule has 0 saturated carbocycles. The molecule has 8 nitrogen and oxygen atoms in total. The topological polar surface area (TPSA) is 100 Å². The number of hydrogen-bond donors (Lipinski definition) is 2. The lowest BCUT2D eigenvalue weighted by Gasteiger charge is -2.33. The van der Waals surface area contributed by atoms with Crippen LogP contribution in [0.5, 0.6) is 0 Å². The van der Waals surface area contributed by atoms with Crippen LogP contribution in [0.1, 0.15) is 36.9 Å². The molecule has 192 valence electrons. The van der Waals surface area contributed by atoms with Crippen molar-refractivity contribution in [3.63, 3.8) is 0 Å².